The lowest BCUT2D eigenvalue weighted by atomic mass is 9.83. The minimum atomic E-state index is -0.790. The van der Waals surface area contributed by atoms with Gasteiger partial charge in [-0.1, -0.05) is 87.0 Å². The van der Waals surface area contributed by atoms with Gasteiger partial charge >= 0.3 is 0 Å². The highest BCUT2D eigenvalue weighted by Gasteiger charge is 2.35. The molecule has 0 spiro atoms. The first kappa shape index (κ1) is 27.6. The molecule has 1 fully saturated rings. The van der Waals surface area contributed by atoms with Crippen LogP contribution in [0, 0.1) is 11.8 Å². The fourth-order valence-corrected chi connectivity index (χ4v) is 5.40. The van der Waals surface area contributed by atoms with E-state index in [1.807, 2.05) is 62.4 Å². The normalized spacial score (nSPS) is 18.1. The molecule has 38 heavy (non-hydrogen) atoms. The van der Waals surface area contributed by atoms with Crippen LogP contribution in [0.5, 0.6) is 0 Å². The molecule has 0 radical (unpaired) electrons. The van der Waals surface area contributed by atoms with Crippen LogP contribution in [-0.2, 0) is 10.5 Å². The van der Waals surface area contributed by atoms with E-state index in [-0.39, 0.29) is 29.7 Å². The number of Topliss-reactive ketones (excluding diaryl/α,β-unsaturated/α-hetero) is 1. The molecule has 1 aliphatic carbocycles. The largest absolute Gasteiger partial charge is 0.408 e. The van der Waals surface area contributed by atoms with E-state index in [2.05, 4.69) is 20.8 Å². The molecule has 0 bridgehead atoms. The lowest BCUT2D eigenvalue weighted by Gasteiger charge is -2.32. The van der Waals surface area contributed by atoms with E-state index in [0.29, 0.717) is 35.8 Å². The second-order valence-electron chi connectivity index (χ2n) is 10.0. The van der Waals surface area contributed by atoms with Crippen LogP contribution in [0.25, 0.3) is 0 Å². The molecule has 0 aliphatic heterocycles. The third kappa shape index (κ3) is 7.54. The Kier molecular flexibility index (Phi) is 9.70. The maximum Gasteiger partial charge on any atom is 0.286 e. The second-order valence-corrected chi connectivity index (χ2v) is 11.0. The summed E-state index contributed by atoms with van der Waals surface area (Å²) in [6.45, 7) is 3.98. The van der Waals surface area contributed by atoms with Crippen LogP contribution in [0.2, 0.25) is 0 Å². The third-order valence-electron chi connectivity index (χ3n) is 6.62. The third-order valence-corrected chi connectivity index (χ3v) is 7.51. The molecule has 1 aliphatic rings. The molecule has 1 heterocycles. The van der Waals surface area contributed by atoms with Crippen molar-refractivity contribution in [1.29, 1.82) is 0 Å². The smallest absolute Gasteiger partial charge is 0.286 e. The zero-order chi connectivity index (χ0) is 26.9. The van der Waals surface area contributed by atoms with Gasteiger partial charge in [-0.05, 0) is 42.9 Å². The molecule has 3 aromatic rings. The lowest BCUT2D eigenvalue weighted by Crippen LogP contribution is -2.52. The molecule has 9 heteroatoms. The van der Waals surface area contributed by atoms with Gasteiger partial charge in [-0.3, -0.25) is 14.4 Å². The molecule has 2 N–H and O–H groups in total. The number of thioether (sulfide) groups is 1. The Balaban J connectivity index is 1.41. The first-order valence-corrected chi connectivity index (χ1v) is 14.1. The number of aromatic nitrogens is 2. The van der Waals surface area contributed by atoms with Crippen molar-refractivity contribution in [3.05, 3.63) is 77.7 Å². The highest BCUT2D eigenvalue weighted by Crippen LogP contribution is 2.26. The van der Waals surface area contributed by atoms with Crippen molar-refractivity contribution < 1.29 is 18.8 Å². The van der Waals surface area contributed by atoms with Crippen molar-refractivity contribution in [3.8, 4) is 0 Å². The summed E-state index contributed by atoms with van der Waals surface area (Å²) in [4.78, 5) is 39.5. The number of ketones is 1. The number of benzene rings is 2. The maximum absolute atomic E-state index is 13.4. The number of hydrogen-bond acceptors (Lipinski definition) is 7. The molecule has 0 saturated heterocycles. The number of carbonyl (C=O) groups excluding carboxylic acids is 3. The summed E-state index contributed by atoms with van der Waals surface area (Å²) in [5, 5.41) is 14.3. The van der Waals surface area contributed by atoms with Gasteiger partial charge in [0, 0.05) is 17.4 Å². The van der Waals surface area contributed by atoms with Gasteiger partial charge < -0.3 is 15.1 Å². The van der Waals surface area contributed by atoms with Crippen molar-refractivity contribution in [2.24, 2.45) is 11.8 Å². The van der Waals surface area contributed by atoms with E-state index in [9.17, 15) is 14.4 Å². The lowest BCUT2D eigenvalue weighted by molar-refractivity contribution is -0.127. The topological polar surface area (TPSA) is 114 Å². The molecule has 1 saturated carbocycles. The molecule has 1 aromatic heterocycles. The first-order valence-electron chi connectivity index (χ1n) is 13.1. The molecule has 8 nitrogen and oxygen atoms in total. The van der Waals surface area contributed by atoms with Crippen LogP contribution in [0.3, 0.4) is 0 Å². The van der Waals surface area contributed by atoms with Gasteiger partial charge in [-0.15, -0.1) is 10.2 Å². The number of carbonyl (C=O) groups is 3. The number of amides is 2. The molecular weight excluding hydrogens is 500 g/mol. The average molecular weight is 535 g/mol. The molecule has 2 amide bonds. The summed E-state index contributed by atoms with van der Waals surface area (Å²) in [5.41, 5.74) is 1.66. The number of nitrogens with one attached hydrogen (secondary N) is 2. The Bertz CT molecular complexity index is 1220. The predicted octanol–water partition coefficient (Wildman–Crippen LogP) is 5.06. The maximum atomic E-state index is 13.4. The quantitative estimate of drug-likeness (QED) is 0.261. The molecule has 200 valence electrons. The van der Waals surface area contributed by atoms with E-state index in [1.165, 1.54) is 11.8 Å². The van der Waals surface area contributed by atoms with Crippen molar-refractivity contribution in [2.75, 3.05) is 0 Å². The van der Waals surface area contributed by atoms with E-state index in [1.54, 1.807) is 12.1 Å². The zero-order valence-electron chi connectivity index (χ0n) is 21.8. The van der Waals surface area contributed by atoms with Gasteiger partial charge in [-0.2, -0.15) is 0 Å². The van der Waals surface area contributed by atoms with Crippen LogP contribution in [0.15, 0.2) is 70.3 Å². The molecule has 4 rings (SSSR count). The van der Waals surface area contributed by atoms with Crippen LogP contribution in [-0.4, -0.2) is 39.9 Å². The van der Waals surface area contributed by atoms with Crippen molar-refractivity contribution in [1.82, 2.24) is 20.8 Å². The predicted molar refractivity (Wildman–Crippen MR) is 146 cm³/mol. The van der Waals surface area contributed by atoms with E-state index < -0.39 is 17.7 Å². The Labute approximate surface area is 227 Å². The summed E-state index contributed by atoms with van der Waals surface area (Å²) >= 11 is 1.36. The van der Waals surface area contributed by atoms with E-state index in [4.69, 9.17) is 4.42 Å². The fraction of sp³-hybridized carbons (Fsp3) is 0.414. The van der Waals surface area contributed by atoms with Gasteiger partial charge in [0.2, 0.25) is 11.7 Å². The van der Waals surface area contributed by atoms with Gasteiger partial charge in [0.1, 0.15) is 0 Å². The van der Waals surface area contributed by atoms with Crippen LogP contribution in [0.1, 0.15) is 72.6 Å². The second kappa shape index (κ2) is 13.4. The fourth-order valence-electron chi connectivity index (χ4n) is 4.68. The molecule has 2 aromatic carbocycles. The first-order chi connectivity index (χ1) is 18.4. The van der Waals surface area contributed by atoms with Gasteiger partial charge in [0.25, 0.3) is 17.0 Å². The Morgan fingerprint density at radius 2 is 1.66 bits per heavy atom. The zero-order valence-corrected chi connectivity index (χ0v) is 22.6. The highest BCUT2D eigenvalue weighted by atomic mass is 32.2. The molecular formula is C29H34N4O4S. The standard InChI is InChI=1S/C29H34N4O4S/c1-19(2)17-24(25(34)28-32-33-29(37-28)38-18-20-11-5-3-6-12-20)31-27(36)22-15-9-10-16-23(22)30-26(35)21-13-7-4-8-14-21/h3-8,11-14,19,22-24H,9-10,15-18H2,1-2H3,(H,30,35)(H,31,36)/t22-,23+,24+/m1/s1. The van der Waals surface area contributed by atoms with Gasteiger partial charge in [-0.25, -0.2) is 0 Å². The van der Waals surface area contributed by atoms with E-state index >= 15 is 0 Å². The minimum absolute atomic E-state index is 0.107. The Morgan fingerprint density at radius 1 is 0.974 bits per heavy atom. The summed E-state index contributed by atoms with van der Waals surface area (Å²) in [6.07, 6.45) is 3.63. The van der Waals surface area contributed by atoms with Crippen molar-refractivity contribution in [3.63, 3.8) is 0 Å². The highest BCUT2D eigenvalue weighted by molar-refractivity contribution is 7.98. The SMILES string of the molecule is CC(C)C[C@H](NC(=O)[C@@H]1CCCC[C@@H]1NC(=O)c1ccccc1)C(=O)c1nnc(SCc2ccccc2)o1. The van der Waals surface area contributed by atoms with E-state index in [0.717, 1.165) is 18.4 Å². The van der Waals surface area contributed by atoms with Crippen molar-refractivity contribution >= 4 is 29.4 Å². The van der Waals surface area contributed by atoms with Crippen LogP contribution in [0.4, 0.5) is 0 Å². The Hall–Kier alpha value is -3.46. The Morgan fingerprint density at radius 3 is 2.37 bits per heavy atom. The molecule has 3 atom stereocenters. The van der Waals surface area contributed by atoms with Crippen LogP contribution >= 0.6 is 11.8 Å². The van der Waals surface area contributed by atoms with Gasteiger partial charge in [0.05, 0.1) is 12.0 Å². The summed E-state index contributed by atoms with van der Waals surface area (Å²) in [5.74, 6) is -0.564. The summed E-state index contributed by atoms with van der Waals surface area (Å²) in [7, 11) is 0. The van der Waals surface area contributed by atoms with Gasteiger partial charge in [0.15, 0.2) is 0 Å². The number of rotatable bonds is 11. The monoisotopic (exact) mass is 534 g/mol. The minimum Gasteiger partial charge on any atom is -0.408 e. The summed E-state index contributed by atoms with van der Waals surface area (Å²) < 4.78 is 5.66. The summed E-state index contributed by atoms with van der Waals surface area (Å²) in [6, 6.07) is 17.8. The number of hydrogen-bond donors (Lipinski definition) is 2. The van der Waals surface area contributed by atoms with Crippen LogP contribution < -0.4 is 10.6 Å². The average Bonchev–Trinajstić information content (AvgIpc) is 3.41. The van der Waals surface area contributed by atoms with Crippen molar-refractivity contribution in [2.45, 2.75) is 69.0 Å². The number of nitrogens with zero attached hydrogens (tertiary/aromatic N) is 2. The molecule has 0 unspecified atom stereocenters.